The van der Waals surface area contributed by atoms with Crippen molar-refractivity contribution >= 4 is 23.1 Å². The van der Waals surface area contributed by atoms with Gasteiger partial charge < -0.3 is 29.4 Å². The maximum absolute atomic E-state index is 13.2. The van der Waals surface area contributed by atoms with Crippen molar-refractivity contribution in [3.05, 3.63) is 46.2 Å². The minimum atomic E-state index is -0.163. The summed E-state index contributed by atoms with van der Waals surface area (Å²) < 4.78 is 16.5. The Hall–Kier alpha value is -3.75. The Kier molecular flexibility index (Phi) is 7.67. The second-order valence-electron chi connectivity index (χ2n) is 9.19. The molecule has 2 aromatic rings. The van der Waals surface area contributed by atoms with Crippen molar-refractivity contribution in [3.63, 3.8) is 0 Å². The van der Waals surface area contributed by atoms with E-state index in [9.17, 15) is 9.59 Å². The number of carbonyl (C=O) groups is 2. The predicted octanol–water partition coefficient (Wildman–Crippen LogP) is 2.26. The third-order valence-corrected chi connectivity index (χ3v) is 6.93. The molecular weight excluding hydrogens is 460 g/mol. The summed E-state index contributed by atoms with van der Waals surface area (Å²) in [7, 11) is 4.72. The van der Waals surface area contributed by atoms with E-state index in [0.29, 0.717) is 47.1 Å². The highest BCUT2D eigenvalue weighted by molar-refractivity contribution is 5.94. The molecule has 1 fully saturated rings. The van der Waals surface area contributed by atoms with E-state index in [1.54, 1.807) is 34.4 Å². The molecule has 0 atom stereocenters. The minimum Gasteiger partial charge on any atom is -0.493 e. The van der Waals surface area contributed by atoms with Crippen LogP contribution in [0.4, 0.5) is 0 Å². The molecule has 0 unspecified atom stereocenters. The predicted molar refractivity (Wildman–Crippen MR) is 137 cm³/mol. The van der Waals surface area contributed by atoms with Crippen molar-refractivity contribution in [1.82, 2.24) is 15.2 Å². The van der Waals surface area contributed by atoms with Crippen molar-refractivity contribution in [1.29, 1.82) is 0 Å². The fraction of sp³-hybridized carbons (Fsp3) is 0.444. The molecule has 0 bridgehead atoms. The first-order valence-corrected chi connectivity index (χ1v) is 12.2. The third kappa shape index (κ3) is 5.10. The van der Waals surface area contributed by atoms with Gasteiger partial charge in [-0.05, 0) is 49.8 Å². The molecule has 3 heterocycles. The quantitative estimate of drug-likeness (QED) is 0.614. The molecule has 2 aliphatic rings. The topological polar surface area (TPSA) is 105 Å². The molecule has 9 heteroatoms. The number of piperidine rings is 1. The Morgan fingerprint density at radius 3 is 2.36 bits per heavy atom. The number of carbonyl (C=O) groups excluding carboxylic acids is 2. The molecule has 9 nitrogen and oxygen atoms in total. The lowest BCUT2D eigenvalue weighted by molar-refractivity contribution is -0.130. The van der Waals surface area contributed by atoms with E-state index in [2.05, 4.69) is 10.3 Å². The van der Waals surface area contributed by atoms with Crippen LogP contribution in [-0.2, 0) is 4.79 Å². The number of fused-ring (bicyclic) bond motifs is 1. The Bertz CT molecular complexity index is 1280. The number of benzene rings is 1. The second-order valence-corrected chi connectivity index (χ2v) is 9.19. The van der Waals surface area contributed by atoms with Crippen molar-refractivity contribution in [2.45, 2.75) is 33.1 Å². The monoisotopic (exact) mass is 494 g/mol. The molecule has 0 aliphatic carbocycles. The van der Waals surface area contributed by atoms with Crippen LogP contribution in [0.3, 0.4) is 0 Å². The number of nitrogens with zero attached hydrogens (tertiary/aromatic N) is 2. The molecule has 1 saturated heterocycles. The average Bonchev–Trinajstić information content (AvgIpc) is 3.24. The van der Waals surface area contributed by atoms with Gasteiger partial charge in [0.1, 0.15) is 5.36 Å². The van der Waals surface area contributed by atoms with Crippen molar-refractivity contribution in [3.8, 4) is 17.2 Å². The zero-order chi connectivity index (χ0) is 25.8. The van der Waals surface area contributed by atoms with Crippen LogP contribution in [0.15, 0.2) is 29.4 Å². The van der Waals surface area contributed by atoms with Crippen LogP contribution in [0.5, 0.6) is 17.2 Å². The normalized spacial score (nSPS) is 15.9. The summed E-state index contributed by atoms with van der Waals surface area (Å²) in [6.07, 6.45) is 6.21. The standard InChI is InChI=1S/C27H34N4O5/c1-16-6-7-21(19-12-22(34-3)26(36-5)23(13-19)35-4)30-25-20(15-28-24(16)25)27(33)29-14-18-8-10-31(11-9-18)17(2)32/h7,12-13,15,18,28H,6,8-11,14H2,1-5H3,(H,29,33). The lowest BCUT2D eigenvalue weighted by atomic mass is 9.96. The first-order valence-electron chi connectivity index (χ1n) is 12.2. The second kappa shape index (κ2) is 10.9. The molecule has 36 heavy (non-hydrogen) atoms. The van der Waals surface area contributed by atoms with Gasteiger partial charge in [-0.25, -0.2) is 4.99 Å². The van der Waals surface area contributed by atoms with E-state index in [1.807, 2.05) is 30.0 Å². The van der Waals surface area contributed by atoms with Gasteiger partial charge in [-0.2, -0.15) is 0 Å². The summed E-state index contributed by atoms with van der Waals surface area (Å²) in [6.45, 7) is 5.68. The van der Waals surface area contributed by atoms with Crippen LogP contribution in [0, 0.1) is 5.92 Å². The maximum atomic E-state index is 13.2. The van der Waals surface area contributed by atoms with E-state index >= 15 is 0 Å². The van der Waals surface area contributed by atoms with E-state index < -0.39 is 0 Å². The molecule has 192 valence electrons. The van der Waals surface area contributed by atoms with Gasteiger partial charge in [0.05, 0.1) is 37.9 Å². The summed E-state index contributed by atoms with van der Waals surface area (Å²) >= 11 is 0. The van der Waals surface area contributed by atoms with E-state index in [1.165, 1.54) is 0 Å². The fourth-order valence-corrected chi connectivity index (χ4v) is 4.74. The number of H-pyrrole nitrogens is 1. The number of amides is 2. The van der Waals surface area contributed by atoms with Crippen LogP contribution in [0.2, 0.25) is 0 Å². The molecular formula is C27H34N4O5. The molecule has 2 aliphatic heterocycles. The Balaban J connectivity index is 1.60. The Morgan fingerprint density at radius 1 is 1.11 bits per heavy atom. The SMILES string of the molecule is COc1cc(C2=CCC(C)=c3[nH]cc(C(=O)NCC4CCN(C(C)=O)CC4)c3=N2)cc(OC)c1OC. The number of ether oxygens (including phenoxy) is 3. The van der Waals surface area contributed by atoms with E-state index in [0.717, 1.165) is 48.1 Å². The molecule has 2 N–H and O–H groups in total. The van der Waals surface area contributed by atoms with Crippen molar-refractivity contribution < 1.29 is 23.8 Å². The number of aromatic amines is 1. The zero-order valence-corrected chi connectivity index (χ0v) is 21.6. The van der Waals surface area contributed by atoms with Gasteiger partial charge in [0.2, 0.25) is 11.7 Å². The van der Waals surface area contributed by atoms with Crippen LogP contribution in [-0.4, -0.2) is 62.7 Å². The Labute approximate surface area is 210 Å². The molecule has 0 saturated carbocycles. The van der Waals surface area contributed by atoms with Gasteiger partial charge in [-0.1, -0.05) is 6.08 Å². The number of nitrogens with one attached hydrogen (secondary N) is 2. The molecule has 0 radical (unpaired) electrons. The van der Waals surface area contributed by atoms with Gasteiger partial charge in [0.15, 0.2) is 11.5 Å². The van der Waals surface area contributed by atoms with Crippen LogP contribution in [0.1, 0.15) is 49.0 Å². The molecule has 1 aromatic heterocycles. The summed E-state index contributed by atoms with van der Waals surface area (Å²) in [5, 5.41) is 4.56. The van der Waals surface area contributed by atoms with Crippen LogP contribution < -0.4 is 30.2 Å². The highest BCUT2D eigenvalue weighted by Crippen LogP contribution is 2.40. The van der Waals surface area contributed by atoms with Crippen LogP contribution >= 0.6 is 0 Å². The van der Waals surface area contributed by atoms with E-state index in [-0.39, 0.29) is 11.8 Å². The van der Waals surface area contributed by atoms with Gasteiger partial charge in [0, 0.05) is 38.3 Å². The molecule has 1 aromatic carbocycles. The number of methoxy groups -OCH3 is 3. The zero-order valence-electron chi connectivity index (χ0n) is 21.6. The highest BCUT2D eigenvalue weighted by Gasteiger charge is 2.22. The number of aromatic nitrogens is 1. The Morgan fingerprint density at radius 2 is 1.78 bits per heavy atom. The average molecular weight is 495 g/mol. The van der Waals surface area contributed by atoms with Gasteiger partial charge >= 0.3 is 0 Å². The first kappa shape index (κ1) is 25.3. The smallest absolute Gasteiger partial charge is 0.255 e. The summed E-state index contributed by atoms with van der Waals surface area (Å²) in [4.78, 5) is 34.8. The van der Waals surface area contributed by atoms with Crippen molar-refractivity contribution in [2.24, 2.45) is 10.9 Å². The van der Waals surface area contributed by atoms with Gasteiger partial charge in [0.25, 0.3) is 5.91 Å². The van der Waals surface area contributed by atoms with Crippen molar-refractivity contribution in [2.75, 3.05) is 41.0 Å². The summed E-state index contributed by atoms with van der Waals surface area (Å²) in [5.74, 6) is 1.88. The largest absolute Gasteiger partial charge is 0.493 e. The fourth-order valence-electron chi connectivity index (χ4n) is 4.74. The number of allylic oxidation sites excluding steroid dienone is 1. The molecule has 4 rings (SSSR count). The summed E-state index contributed by atoms with van der Waals surface area (Å²) in [6, 6.07) is 3.72. The summed E-state index contributed by atoms with van der Waals surface area (Å²) in [5.41, 5.74) is 3.12. The third-order valence-electron chi connectivity index (χ3n) is 6.93. The molecule has 2 amide bonds. The number of hydrogen-bond donors (Lipinski definition) is 2. The van der Waals surface area contributed by atoms with Crippen LogP contribution in [0.25, 0.3) is 11.3 Å². The maximum Gasteiger partial charge on any atom is 0.255 e. The van der Waals surface area contributed by atoms with Gasteiger partial charge in [-0.3, -0.25) is 9.59 Å². The van der Waals surface area contributed by atoms with E-state index in [4.69, 9.17) is 19.2 Å². The minimum absolute atomic E-state index is 0.108. The number of hydrogen-bond acceptors (Lipinski definition) is 6. The lowest BCUT2D eigenvalue weighted by Crippen LogP contribution is -2.41. The van der Waals surface area contributed by atoms with Gasteiger partial charge in [-0.15, -0.1) is 0 Å². The lowest BCUT2D eigenvalue weighted by Gasteiger charge is -2.31. The molecule has 0 spiro atoms. The number of rotatable bonds is 7. The first-order chi connectivity index (χ1) is 17.4. The highest BCUT2D eigenvalue weighted by atomic mass is 16.5. The number of likely N-dealkylation sites (tertiary alicyclic amines) is 1.